The average molecular weight is 550 g/mol. The summed E-state index contributed by atoms with van der Waals surface area (Å²) < 4.78 is 0. The Bertz CT molecular complexity index is 1130. The number of amides is 2. The van der Waals surface area contributed by atoms with Crippen LogP contribution in [0.25, 0.3) is 0 Å². The van der Waals surface area contributed by atoms with E-state index in [0.29, 0.717) is 34.3 Å². The highest BCUT2D eigenvalue weighted by Crippen LogP contribution is 2.25. The topological polar surface area (TPSA) is 49.4 Å². The lowest BCUT2D eigenvalue weighted by atomic mass is 10.0. The Balaban J connectivity index is 1.76. The molecule has 1 unspecified atom stereocenters. The van der Waals surface area contributed by atoms with E-state index in [1.807, 2.05) is 60.7 Å². The number of rotatable bonds is 11. The van der Waals surface area contributed by atoms with Crippen LogP contribution in [0, 0.1) is 0 Å². The Labute approximate surface area is 225 Å². The Morgan fingerprint density at radius 1 is 0.914 bits per heavy atom. The number of nitrogens with zero attached hydrogens (tertiary/aromatic N) is 1. The summed E-state index contributed by atoms with van der Waals surface area (Å²) in [6.07, 6.45) is 1.41. The standard InChI is InChI=1S/C27H27Cl3N2O2S/c1-31-27(34)25(17-19-6-3-2-4-7-19)32(18-20-9-14-23(29)24(30)16-20)26(33)8-5-15-35-22-12-10-21(28)11-13-22/h2-4,6-7,9-14,16,25H,5,8,15,17-18H2,1H3,(H,31,34). The van der Waals surface area contributed by atoms with Crippen LogP contribution >= 0.6 is 46.6 Å². The molecular weight excluding hydrogens is 523 g/mol. The molecule has 0 radical (unpaired) electrons. The van der Waals surface area contributed by atoms with Gasteiger partial charge >= 0.3 is 0 Å². The molecule has 0 fully saturated rings. The summed E-state index contributed by atoms with van der Waals surface area (Å²) in [6.45, 7) is 0.255. The second kappa shape index (κ2) is 13.8. The molecule has 0 aliphatic heterocycles. The molecule has 0 bridgehead atoms. The highest BCUT2D eigenvalue weighted by molar-refractivity contribution is 7.99. The van der Waals surface area contributed by atoms with Crippen molar-refractivity contribution in [1.82, 2.24) is 10.2 Å². The third kappa shape index (κ3) is 8.46. The molecule has 0 heterocycles. The molecule has 0 saturated carbocycles. The number of thioether (sulfide) groups is 1. The number of halogens is 3. The molecule has 0 spiro atoms. The summed E-state index contributed by atoms with van der Waals surface area (Å²) in [4.78, 5) is 29.2. The van der Waals surface area contributed by atoms with E-state index in [1.165, 1.54) is 0 Å². The van der Waals surface area contributed by atoms with Crippen molar-refractivity contribution >= 4 is 58.4 Å². The average Bonchev–Trinajstić information content (AvgIpc) is 2.87. The van der Waals surface area contributed by atoms with Gasteiger partial charge in [-0.15, -0.1) is 11.8 Å². The first kappa shape index (κ1) is 27.4. The highest BCUT2D eigenvalue weighted by Gasteiger charge is 2.29. The number of hydrogen-bond acceptors (Lipinski definition) is 3. The molecular formula is C27H27Cl3N2O2S. The first-order valence-electron chi connectivity index (χ1n) is 11.2. The van der Waals surface area contributed by atoms with E-state index in [4.69, 9.17) is 34.8 Å². The van der Waals surface area contributed by atoms with E-state index in [2.05, 4.69) is 5.32 Å². The zero-order chi connectivity index (χ0) is 25.2. The summed E-state index contributed by atoms with van der Waals surface area (Å²) in [7, 11) is 1.59. The summed E-state index contributed by atoms with van der Waals surface area (Å²) in [5.41, 5.74) is 1.79. The predicted molar refractivity (Wildman–Crippen MR) is 146 cm³/mol. The van der Waals surface area contributed by atoms with Gasteiger partial charge in [-0.25, -0.2) is 0 Å². The van der Waals surface area contributed by atoms with Crippen LogP contribution in [-0.4, -0.2) is 35.6 Å². The van der Waals surface area contributed by atoms with Crippen LogP contribution < -0.4 is 5.32 Å². The second-order valence-electron chi connectivity index (χ2n) is 8.00. The molecule has 35 heavy (non-hydrogen) atoms. The molecule has 3 aromatic carbocycles. The third-order valence-corrected chi connectivity index (χ3v) is 7.56. The highest BCUT2D eigenvalue weighted by atomic mass is 35.5. The first-order valence-corrected chi connectivity index (χ1v) is 13.4. The van der Waals surface area contributed by atoms with E-state index in [1.54, 1.807) is 35.8 Å². The number of likely N-dealkylation sites (N-methyl/N-ethyl adjacent to an activating group) is 1. The summed E-state index contributed by atoms with van der Waals surface area (Å²) in [5.74, 6) is 0.479. The van der Waals surface area contributed by atoms with Gasteiger partial charge in [0.15, 0.2) is 0 Å². The van der Waals surface area contributed by atoms with Crippen LogP contribution in [0.15, 0.2) is 77.7 Å². The molecule has 3 aromatic rings. The lowest BCUT2D eigenvalue weighted by Gasteiger charge is -2.31. The van der Waals surface area contributed by atoms with Crippen LogP contribution in [0.3, 0.4) is 0 Å². The van der Waals surface area contributed by atoms with Gasteiger partial charge in [0.05, 0.1) is 10.0 Å². The largest absolute Gasteiger partial charge is 0.357 e. The van der Waals surface area contributed by atoms with Gasteiger partial charge in [-0.05, 0) is 59.7 Å². The van der Waals surface area contributed by atoms with Crippen molar-refractivity contribution in [3.05, 3.63) is 99.0 Å². The maximum Gasteiger partial charge on any atom is 0.242 e. The number of hydrogen-bond donors (Lipinski definition) is 1. The van der Waals surface area contributed by atoms with Crippen molar-refractivity contribution in [3.63, 3.8) is 0 Å². The van der Waals surface area contributed by atoms with Crippen molar-refractivity contribution in [2.24, 2.45) is 0 Å². The predicted octanol–water partition coefficient (Wildman–Crippen LogP) is 6.91. The molecule has 0 aliphatic carbocycles. The Morgan fingerprint density at radius 2 is 1.63 bits per heavy atom. The molecule has 1 N–H and O–H groups in total. The molecule has 3 rings (SSSR count). The molecule has 1 atom stereocenters. The quantitative estimate of drug-likeness (QED) is 0.209. The lowest BCUT2D eigenvalue weighted by Crippen LogP contribution is -2.49. The minimum Gasteiger partial charge on any atom is -0.357 e. The third-order valence-electron chi connectivity index (χ3n) is 5.47. The minimum absolute atomic E-state index is 0.0858. The SMILES string of the molecule is CNC(=O)C(Cc1ccccc1)N(Cc1ccc(Cl)c(Cl)c1)C(=O)CCCSc1ccc(Cl)cc1. The zero-order valence-corrected chi connectivity index (χ0v) is 22.4. The molecule has 2 amide bonds. The van der Waals surface area contributed by atoms with E-state index in [0.717, 1.165) is 21.8 Å². The van der Waals surface area contributed by atoms with Crippen LogP contribution in [-0.2, 0) is 22.6 Å². The fourth-order valence-corrected chi connectivity index (χ4v) is 4.94. The van der Waals surface area contributed by atoms with Crippen molar-refractivity contribution in [3.8, 4) is 0 Å². The minimum atomic E-state index is -0.659. The number of benzene rings is 3. The Hall–Kier alpha value is -2.18. The molecule has 184 valence electrons. The molecule has 0 aromatic heterocycles. The van der Waals surface area contributed by atoms with Crippen LogP contribution in [0.1, 0.15) is 24.0 Å². The van der Waals surface area contributed by atoms with E-state index in [9.17, 15) is 9.59 Å². The van der Waals surface area contributed by atoms with Gasteiger partial charge in [0.1, 0.15) is 6.04 Å². The van der Waals surface area contributed by atoms with Gasteiger partial charge in [-0.3, -0.25) is 9.59 Å². The van der Waals surface area contributed by atoms with Crippen molar-refractivity contribution in [2.45, 2.75) is 36.7 Å². The maximum absolute atomic E-state index is 13.5. The van der Waals surface area contributed by atoms with Gasteiger partial charge in [0.2, 0.25) is 11.8 Å². The monoisotopic (exact) mass is 548 g/mol. The van der Waals surface area contributed by atoms with E-state index < -0.39 is 6.04 Å². The maximum atomic E-state index is 13.5. The first-order chi connectivity index (χ1) is 16.9. The van der Waals surface area contributed by atoms with Crippen molar-refractivity contribution in [1.29, 1.82) is 0 Å². The van der Waals surface area contributed by atoms with Crippen molar-refractivity contribution < 1.29 is 9.59 Å². The van der Waals surface area contributed by atoms with E-state index in [-0.39, 0.29) is 18.4 Å². The zero-order valence-electron chi connectivity index (χ0n) is 19.3. The van der Waals surface area contributed by atoms with Crippen LogP contribution in [0.2, 0.25) is 15.1 Å². The lowest BCUT2D eigenvalue weighted by molar-refractivity contribution is -0.141. The summed E-state index contributed by atoms with van der Waals surface area (Å²) >= 11 is 19.9. The second-order valence-corrected chi connectivity index (χ2v) is 10.4. The van der Waals surface area contributed by atoms with Gasteiger partial charge < -0.3 is 10.2 Å². The van der Waals surface area contributed by atoms with E-state index >= 15 is 0 Å². The fourth-order valence-electron chi connectivity index (χ4n) is 3.64. The van der Waals surface area contributed by atoms with Gasteiger partial charge in [0, 0.05) is 36.4 Å². The fraction of sp³-hybridized carbons (Fsp3) is 0.259. The number of carbonyl (C=O) groups is 2. The number of nitrogens with one attached hydrogen (secondary N) is 1. The summed E-state index contributed by atoms with van der Waals surface area (Å²) in [6, 6.07) is 21.9. The summed E-state index contributed by atoms with van der Waals surface area (Å²) in [5, 5.41) is 4.28. The van der Waals surface area contributed by atoms with Crippen molar-refractivity contribution in [2.75, 3.05) is 12.8 Å². The Morgan fingerprint density at radius 3 is 2.29 bits per heavy atom. The smallest absolute Gasteiger partial charge is 0.242 e. The van der Waals surface area contributed by atoms with Gasteiger partial charge in [-0.2, -0.15) is 0 Å². The number of carbonyl (C=O) groups excluding carboxylic acids is 2. The van der Waals surface area contributed by atoms with Gasteiger partial charge in [0.25, 0.3) is 0 Å². The normalized spacial score (nSPS) is 11.7. The molecule has 4 nitrogen and oxygen atoms in total. The van der Waals surface area contributed by atoms with Gasteiger partial charge in [-0.1, -0.05) is 71.2 Å². The van der Waals surface area contributed by atoms with Crippen LogP contribution in [0.4, 0.5) is 0 Å². The molecule has 0 saturated heterocycles. The molecule has 8 heteroatoms. The van der Waals surface area contributed by atoms with Crippen LogP contribution in [0.5, 0.6) is 0 Å². The Kier molecular flexibility index (Phi) is 10.8. The molecule has 0 aliphatic rings.